The molecule has 0 saturated carbocycles. The number of hydrogen-bond donors (Lipinski definition) is 0. The zero-order valence-corrected chi connectivity index (χ0v) is 20.1. The number of nitrogens with zero attached hydrogens (tertiary/aromatic N) is 2. The van der Waals surface area contributed by atoms with Gasteiger partial charge in [0.1, 0.15) is 0 Å². The molecule has 4 nitrogen and oxygen atoms in total. The molecule has 8 heteroatoms. The highest BCUT2D eigenvalue weighted by molar-refractivity contribution is 6.46. The molecule has 5 aromatic rings. The number of fused-ring (bicyclic) bond motifs is 4. The molecule has 0 unspecified atom stereocenters. The van der Waals surface area contributed by atoms with E-state index in [0.717, 1.165) is 0 Å². The third-order valence-electron chi connectivity index (χ3n) is 6.00. The predicted molar refractivity (Wildman–Crippen MR) is 136 cm³/mol. The van der Waals surface area contributed by atoms with Gasteiger partial charge in [-0.25, -0.2) is 0 Å². The first kappa shape index (κ1) is 21.6. The quantitative estimate of drug-likeness (QED) is 0.236. The molecule has 0 fully saturated rings. The Morgan fingerprint density at radius 3 is 1.34 bits per heavy atom. The first-order valence-electron chi connectivity index (χ1n) is 10.1. The molecule has 32 heavy (non-hydrogen) atoms. The number of rotatable bonds is 2. The molecular weight excluding hydrogens is 490 g/mol. The first-order chi connectivity index (χ1) is 15.3. The van der Waals surface area contributed by atoms with Crippen molar-refractivity contribution in [2.24, 2.45) is 0 Å². The van der Waals surface area contributed by atoms with Crippen molar-refractivity contribution in [3.8, 4) is 0 Å². The van der Waals surface area contributed by atoms with Crippen molar-refractivity contribution in [2.45, 2.75) is 26.9 Å². The molecule has 2 heterocycles. The Kier molecular flexibility index (Phi) is 5.18. The van der Waals surface area contributed by atoms with E-state index in [1.165, 1.54) is 0 Å². The number of aryl methyl sites for hydroxylation is 2. The third-order valence-corrected chi connectivity index (χ3v) is 7.61. The normalized spacial score (nSPS) is 11.9. The highest BCUT2D eigenvalue weighted by Gasteiger charge is 2.19. The molecule has 0 aliphatic carbocycles. The molecule has 0 N–H and O–H groups in total. The Balaban J connectivity index is 2.12. The maximum atomic E-state index is 13.5. The van der Waals surface area contributed by atoms with Crippen LogP contribution in [0.15, 0.2) is 46.0 Å². The summed E-state index contributed by atoms with van der Waals surface area (Å²) >= 11 is 25.3. The fourth-order valence-electron chi connectivity index (χ4n) is 4.56. The van der Waals surface area contributed by atoms with E-state index in [-0.39, 0.29) is 20.9 Å². The lowest BCUT2D eigenvalue weighted by Crippen LogP contribution is -2.15. The van der Waals surface area contributed by atoms with Crippen LogP contribution in [-0.2, 0) is 13.1 Å². The number of aromatic nitrogens is 2. The second kappa shape index (κ2) is 7.67. The molecule has 0 amide bonds. The van der Waals surface area contributed by atoms with Crippen LogP contribution in [0.2, 0.25) is 20.1 Å². The Morgan fingerprint density at radius 1 is 0.625 bits per heavy atom. The third kappa shape index (κ3) is 2.83. The summed E-state index contributed by atoms with van der Waals surface area (Å²) in [5, 5.41) is 2.78. The average molecular weight is 506 g/mol. The average Bonchev–Trinajstić information content (AvgIpc) is 2.78. The lowest BCUT2D eigenvalue weighted by molar-refractivity contribution is 0.816. The van der Waals surface area contributed by atoms with Crippen LogP contribution in [0.1, 0.15) is 13.8 Å². The van der Waals surface area contributed by atoms with Gasteiger partial charge in [0, 0.05) is 23.9 Å². The maximum Gasteiger partial charge on any atom is 0.198 e. The monoisotopic (exact) mass is 504 g/mol. The van der Waals surface area contributed by atoms with Gasteiger partial charge < -0.3 is 9.13 Å². The Hall–Kier alpha value is -2.24. The van der Waals surface area contributed by atoms with Crippen LogP contribution in [0, 0.1) is 0 Å². The number of pyridine rings is 2. The lowest BCUT2D eigenvalue weighted by atomic mass is 10.0. The Labute approximate surface area is 202 Å². The van der Waals surface area contributed by atoms with E-state index < -0.39 is 0 Å². The van der Waals surface area contributed by atoms with Crippen LogP contribution in [-0.4, -0.2) is 9.13 Å². The molecule has 0 atom stereocenters. The topological polar surface area (TPSA) is 44.0 Å². The summed E-state index contributed by atoms with van der Waals surface area (Å²) in [7, 11) is 0. The Morgan fingerprint density at radius 2 is 1.00 bits per heavy atom. The minimum atomic E-state index is -0.224. The summed E-state index contributed by atoms with van der Waals surface area (Å²) in [6, 6.07) is 10.4. The molecule has 0 radical (unpaired) electrons. The first-order valence-corrected chi connectivity index (χ1v) is 11.6. The van der Waals surface area contributed by atoms with Gasteiger partial charge in [0.05, 0.1) is 52.9 Å². The number of hydrogen-bond acceptors (Lipinski definition) is 2. The lowest BCUT2D eigenvalue weighted by Gasteiger charge is -2.18. The smallest absolute Gasteiger partial charge is 0.198 e. The molecule has 0 aliphatic rings. The molecule has 2 aromatic heterocycles. The predicted octanol–water partition coefficient (Wildman–Crippen LogP) is 7.28. The molecule has 0 saturated heterocycles. The zero-order chi connectivity index (χ0) is 22.9. The van der Waals surface area contributed by atoms with Crippen molar-refractivity contribution in [3.63, 3.8) is 0 Å². The van der Waals surface area contributed by atoms with Crippen LogP contribution in [0.5, 0.6) is 0 Å². The standard InChI is InChI=1S/C24H16Cl4N2O2/c1-3-29-15-7-5-13(25)21(27)19(15)23(31)11-10-18-12(9-17(11)29)24(32)20-16(30(18)4-2)8-6-14(26)22(20)28/h5-10H,3-4H2,1-2H3. The molecule has 5 rings (SSSR count). The van der Waals surface area contributed by atoms with E-state index in [0.29, 0.717) is 66.7 Å². The molecule has 0 aliphatic heterocycles. The van der Waals surface area contributed by atoms with Crippen molar-refractivity contribution in [3.05, 3.63) is 76.9 Å². The minimum absolute atomic E-state index is 0.224. The van der Waals surface area contributed by atoms with Gasteiger partial charge in [-0.1, -0.05) is 46.4 Å². The van der Waals surface area contributed by atoms with Gasteiger partial charge >= 0.3 is 0 Å². The summed E-state index contributed by atoms with van der Waals surface area (Å²) in [5.74, 6) is 0. The van der Waals surface area contributed by atoms with Crippen LogP contribution in [0.25, 0.3) is 43.6 Å². The van der Waals surface area contributed by atoms with Crippen LogP contribution in [0.3, 0.4) is 0 Å². The largest absolute Gasteiger partial charge is 0.340 e. The summed E-state index contributed by atoms with van der Waals surface area (Å²) in [6.07, 6.45) is 0. The molecule has 162 valence electrons. The van der Waals surface area contributed by atoms with E-state index >= 15 is 0 Å². The molecular formula is C24H16Cl4N2O2. The second-order valence-corrected chi connectivity index (χ2v) is 9.11. The van der Waals surface area contributed by atoms with Crippen LogP contribution in [0.4, 0.5) is 0 Å². The van der Waals surface area contributed by atoms with Gasteiger partial charge in [-0.3, -0.25) is 9.59 Å². The number of halogens is 4. The minimum Gasteiger partial charge on any atom is -0.340 e. The van der Waals surface area contributed by atoms with Crippen molar-refractivity contribution in [1.82, 2.24) is 9.13 Å². The van der Waals surface area contributed by atoms with Crippen molar-refractivity contribution >= 4 is 90.0 Å². The van der Waals surface area contributed by atoms with Gasteiger partial charge in [-0.15, -0.1) is 0 Å². The van der Waals surface area contributed by atoms with E-state index in [2.05, 4.69) is 0 Å². The Bertz CT molecular complexity index is 1610. The molecule has 3 aromatic carbocycles. The van der Waals surface area contributed by atoms with E-state index in [4.69, 9.17) is 46.4 Å². The van der Waals surface area contributed by atoms with Crippen molar-refractivity contribution in [1.29, 1.82) is 0 Å². The van der Waals surface area contributed by atoms with Crippen molar-refractivity contribution < 1.29 is 0 Å². The summed E-state index contributed by atoms with van der Waals surface area (Å²) in [4.78, 5) is 27.1. The summed E-state index contributed by atoms with van der Waals surface area (Å²) < 4.78 is 3.93. The zero-order valence-electron chi connectivity index (χ0n) is 17.1. The van der Waals surface area contributed by atoms with Gasteiger partial charge in [0.15, 0.2) is 10.9 Å². The fraction of sp³-hybridized carbons (Fsp3) is 0.167. The van der Waals surface area contributed by atoms with Crippen LogP contribution >= 0.6 is 46.4 Å². The number of benzene rings is 3. The van der Waals surface area contributed by atoms with E-state index in [1.807, 2.05) is 23.0 Å². The fourth-order valence-corrected chi connectivity index (χ4v) is 5.37. The molecule has 0 spiro atoms. The maximum absolute atomic E-state index is 13.5. The van der Waals surface area contributed by atoms with Gasteiger partial charge in [-0.05, 0) is 50.2 Å². The second-order valence-electron chi connectivity index (χ2n) is 7.54. The summed E-state index contributed by atoms with van der Waals surface area (Å²) in [6.45, 7) is 5.08. The van der Waals surface area contributed by atoms with E-state index in [9.17, 15) is 9.59 Å². The molecule has 0 bridgehead atoms. The van der Waals surface area contributed by atoms with Gasteiger partial charge in [0.2, 0.25) is 0 Å². The van der Waals surface area contributed by atoms with Crippen LogP contribution < -0.4 is 10.9 Å². The van der Waals surface area contributed by atoms with E-state index in [1.54, 1.807) is 36.4 Å². The van der Waals surface area contributed by atoms with Gasteiger partial charge in [-0.2, -0.15) is 0 Å². The van der Waals surface area contributed by atoms with Crippen molar-refractivity contribution in [2.75, 3.05) is 0 Å². The highest BCUT2D eigenvalue weighted by atomic mass is 35.5. The van der Waals surface area contributed by atoms with Gasteiger partial charge in [0.25, 0.3) is 0 Å². The summed E-state index contributed by atoms with van der Waals surface area (Å²) in [5.41, 5.74) is 2.17. The SMILES string of the molecule is CCn1c2cc3c(=O)c4c(Cl)c(Cl)ccc4n(CC)c3cc2c(=O)c2c(Cl)c(Cl)ccc21. The highest BCUT2D eigenvalue weighted by Crippen LogP contribution is 2.34.